The summed E-state index contributed by atoms with van der Waals surface area (Å²) < 4.78 is 0. The van der Waals surface area contributed by atoms with Crippen LogP contribution < -0.4 is 5.32 Å². The number of aliphatic hydroxyl groups excluding tert-OH is 1. The van der Waals surface area contributed by atoms with Gasteiger partial charge in [-0.3, -0.25) is 10.1 Å². The summed E-state index contributed by atoms with van der Waals surface area (Å²) in [5.41, 5.74) is -0.584. The summed E-state index contributed by atoms with van der Waals surface area (Å²) >= 11 is 0. The number of carboxylic acid groups (broad SMARTS) is 1. The van der Waals surface area contributed by atoms with Gasteiger partial charge >= 0.3 is 11.7 Å². The van der Waals surface area contributed by atoms with Crippen molar-refractivity contribution in [2.75, 3.05) is 11.9 Å². The number of aliphatic hydroxyl groups is 1. The first-order valence-electron chi connectivity index (χ1n) is 5.63. The first-order chi connectivity index (χ1) is 8.86. The highest BCUT2D eigenvalue weighted by atomic mass is 16.6. The Kier molecular flexibility index (Phi) is 4.76. The molecule has 0 aliphatic rings. The van der Waals surface area contributed by atoms with Gasteiger partial charge < -0.3 is 15.5 Å². The third-order valence-electron chi connectivity index (χ3n) is 2.80. The molecule has 1 rings (SSSR count). The van der Waals surface area contributed by atoms with Gasteiger partial charge in [-0.15, -0.1) is 0 Å². The van der Waals surface area contributed by atoms with Crippen molar-refractivity contribution < 1.29 is 19.9 Å². The SMILES string of the molecule is CC(CO)C(C)Nc1nc(C(=O)O)ccc1[N+](=O)[O-]. The second kappa shape index (κ2) is 6.10. The number of hydrogen-bond donors (Lipinski definition) is 3. The van der Waals surface area contributed by atoms with Gasteiger partial charge in [-0.05, 0) is 18.9 Å². The van der Waals surface area contributed by atoms with Gasteiger partial charge in [0.05, 0.1) is 4.92 Å². The number of nitrogens with one attached hydrogen (secondary N) is 1. The van der Waals surface area contributed by atoms with E-state index in [1.807, 2.05) is 0 Å². The van der Waals surface area contributed by atoms with Crippen LogP contribution in [0.1, 0.15) is 24.3 Å². The van der Waals surface area contributed by atoms with Crippen LogP contribution in [-0.4, -0.2) is 38.7 Å². The van der Waals surface area contributed by atoms with Crippen LogP contribution in [0.4, 0.5) is 11.5 Å². The summed E-state index contributed by atoms with van der Waals surface area (Å²) in [7, 11) is 0. The van der Waals surface area contributed by atoms with Crippen molar-refractivity contribution in [1.29, 1.82) is 0 Å². The molecule has 1 heterocycles. The van der Waals surface area contributed by atoms with Crippen LogP contribution in [0.25, 0.3) is 0 Å². The van der Waals surface area contributed by atoms with Crippen LogP contribution >= 0.6 is 0 Å². The van der Waals surface area contributed by atoms with E-state index < -0.39 is 10.9 Å². The molecular weight excluding hydrogens is 254 g/mol. The summed E-state index contributed by atoms with van der Waals surface area (Å²) in [5.74, 6) is -1.53. The van der Waals surface area contributed by atoms with Gasteiger partial charge in [0.25, 0.3) is 0 Å². The topological polar surface area (TPSA) is 126 Å². The fourth-order valence-electron chi connectivity index (χ4n) is 1.34. The molecule has 0 amide bonds. The van der Waals surface area contributed by atoms with Crippen molar-refractivity contribution in [3.63, 3.8) is 0 Å². The summed E-state index contributed by atoms with van der Waals surface area (Å²) in [6.07, 6.45) is 0. The van der Waals surface area contributed by atoms with E-state index in [2.05, 4.69) is 10.3 Å². The molecule has 2 unspecified atom stereocenters. The van der Waals surface area contributed by atoms with E-state index in [-0.39, 0.29) is 35.8 Å². The Morgan fingerprint density at radius 3 is 2.63 bits per heavy atom. The van der Waals surface area contributed by atoms with E-state index in [9.17, 15) is 14.9 Å². The van der Waals surface area contributed by atoms with Crippen molar-refractivity contribution in [3.05, 3.63) is 27.9 Å². The number of hydrogen-bond acceptors (Lipinski definition) is 6. The van der Waals surface area contributed by atoms with Gasteiger partial charge in [0.15, 0.2) is 5.69 Å². The Morgan fingerprint density at radius 2 is 2.16 bits per heavy atom. The Bertz CT molecular complexity index is 491. The molecule has 2 atom stereocenters. The highest BCUT2D eigenvalue weighted by Gasteiger charge is 2.21. The lowest BCUT2D eigenvalue weighted by atomic mass is 10.1. The molecule has 8 heteroatoms. The molecule has 0 fully saturated rings. The molecule has 3 N–H and O–H groups in total. The van der Waals surface area contributed by atoms with E-state index in [0.29, 0.717) is 0 Å². The van der Waals surface area contributed by atoms with E-state index in [0.717, 1.165) is 12.1 Å². The number of carbonyl (C=O) groups is 1. The first kappa shape index (κ1) is 14.8. The largest absolute Gasteiger partial charge is 0.477 e. The zero-order valence-electron chi connectivity index (χ0n) is 10.5. The molecule has 0 saturated carbocycles. The van der Waals surface area contributed by atoms with Crippen LogP contribution in [0.15, 0.2) is 12.1 Å². The monoisotopic (exact) mass is 269 g/mol. The molecule has 0 spiro atoms. The summed E-state index contributed by atoms with van der Waals surface area (Å²) in [6, 6.07) is 1.88. The quantitative estimate of drug-likeness (QED) is 0.521. The molecule has 1 aromatic rings. The second-order valence-corrected chi connectivity index (χ2v) is 4.22. The van der Waals surface area contributed by atoms with Crippen molar-refractivity contribution in [2.45, 2.75) is 19.9 Å². The number of rotatable bonds is 6. The maximum atomic E-state index is 10.9. The Labute approximate surface area is 109 Å². The Hall–Kier alpha value is -2.22. The third-order valence-corrected chi connectivity index (χ3v) is 2.80. The number of anilines is 1. The van der Waals surface area contributed by atoms with Gasteiger partial charge in [0, 0.05) is 18.7 Å². The van der Waals surface area contributed by atoms with E-state index in [1.54, 1.807) is 13.8 Å². The molecule has 0 aliphatic carbocycles. The molecule has 0 aliphatic heterocycles. The molecular formula is C11H15N3O5. The van der Waals surface area contributed by atoms with Gasteiger partial charge in [-0.25, -0.2) is 9.78 Å². The fraction of sp³-hybridized carbons (Fsp3) is 0.455. The normalized spacial score (nSPS) is 13.6. The van der Waals surface area contributed by atoms with Gasteiger partial charge in [-0.2, -0.15) is 0 Å². The van der Waals surface area contributed by atoms with Gasteiger partial charge in [0.2, 0.25) is 5.82 Å². The second-order valence-electron chi connectivity index (χ2n) is 4.22. The zero-order chi connectivity index (χ0) is 14.6. The lowest BCUT2D eigenvalue weighted by molar-refractivity contribution is -0.384. The van der Waals surface area contributed by atoms with E-state index >= 15 is 0 Å². The minimum absolute atomic E-state index is 0.0966. The molecule has 1 aromatic heterocycles. The van der Waals surface area contributed by atoms with Crippen LogP contribution in [0.2, 0.25) is 0 Å². The standard InChI is InChI=1S/C11H15N3O5/c1-6(5-15)7(2)12-10-9(14(18)19)4-3-8(13-10)11(16)17/h3-4,6-7,15H,5H2,1-2H3,(H,12,13)(H,16,17). The molecule has 0 bridgehead atoms. The predicted molar refractivity (Wildman–Crippen MR) is 67.2 cm³/mol. The minimum Gasteiger partial charge on any atom is -0.477 e. The maximum Gasteiger partial charge on any atom is 0.354 e. The fourth-order valence-corrected chi connectivity index (χ4v) is 1.34. The molecule has 104 valence electrons. The average molecular weight is 269 g/mol. The lowest BCUT2D eigenvalue weighted by Gasteiger charge is -2.19. The molecule has 8 nitrogen and oxygen atoms in total. The first-order valence-corrected chi connectivity index (χ1v) is 5.63. The van der Waals surface area contributed by atoms with Crippen LogP contribution in [-0.2, 0) is 0 Å². The molecule has 0 radical (unpaired) electrons. The Morgan fingerprint density at radius 1 is 1.53 bits per heavy atom. The minimum atomic E-state index is -1.26. The smallest absolute Gasteiger partial charge is 0.354 e. The molecule has 0 saturated heterocycles. The average Bonchev–Trinajstić information content (AvgIpc) is 2.37. The number of carboxylic acids is 1. The summed E-state index contributed by atoms with van der Waals surface area (Å²) in [6.45, 7) is 3.38. The number of pyridine rings is 1. The number of aromatic nitrogens is 1. The van der Waals surface area contributed by atoms with Crippen molar-refractivity contribution in [3.8, 4) is 0 Å². The lowest BCUT2D eigenvalue weighted by Crippen LogP contribution is -2.27. The maximum absolute atomic E-state index is 10.9. The third kappa shape index (κ3) is 3.62. The number of nitrogens with zero attached hydrogens (tertiary/aromatic N) is 2. The van der Waals surface area contributed by atoms with Crippen LogP contribution in [0.5, 0.6) is 0 Å². The highest BCUT2D eigenvalue weighted by molar-refractivity contribution is 5.86. The number of aromatic carboxylic acids is 1. The van der Waals surface area contributed by atoms with Gasteiger partial charge in [0.1, 0.15) is 0 Å². The van der Waals surface area contributed by atoms with Crippen molar-refractivity contribution in [2.24, 2.45) is 5.92 Å². The Balaban J connectivity index is 3.11. The van der Waals surface area contributed by atoms with Crippen LogP contribution in [0.3, 0.4) is 0 Å². The van der Waals surface area contributed by atoms with Crippen LogP contribution in [0, 0.1) is 16.0 Å². The van der Waals surface area contributed by atoms with Crippen molar-refractivity contribution in [1.82, 2.24) is 4.98 Å². The number of nitro groups is 1. The molecule has 19 heavy (non-hydrogen) atoms. The van der Waals surface area contributed by atoms with Gasteiger partial charge in [-0.1, -0.05) is 6.92 Å². The van der Waals surface area contributed by atoms with E-state index in [1.165, 1.54) is 0 Å². The molecule has 0 aromatic carbocycles. The highest BCUT2D eigenvalue weighted by Crippen LogP contribution is 2.24. The predicted octanol–water partition coefficient (Wildman–Crippen LogP) is 1.12. The van der Waals surface area contributed by atoms with E-state index in [4.69, 9.17) is 10.2 Å². The summed E-state index contributed by atoms with van der Waals surface area (Å²) in [4.78, 5) is 24.7. The summed E-state index contributed by atoms with van der Waals surface area (Å²) in [5, 5.41) is 31.5. The zero-order valence-corrected chi connectivity index (χ0v) is 10.5. The van der Waals surface area contributed by atoms with Crippen molar-refractivity contribution >= 4 is 17.5 Å².